The summed E-state index contributed by atoms with van der Waals surface area (Å²) in [4.78, 5) is 6.90. The van der Waals surface area contributed by atoms with Crippen molar-refractivity contribution >= 4 is 29.4 Å². The maximum absolute atomic E-state index is 5.92. The number of aromatic nitrogens is 1. The molecule has 26 heavy (non-hydrogen) atoms. The van der Waals surface area contributed by atoms with Crippen molar-refractivity contribution in [2.45, 2.75) is 39.7 Å². The lowest BCUT2D eigenvalue weighted by atomic mass is 10.1. The molecule has 0 bridgehead atoms. The second-order valence-corrected chi connectivity index (χ2v) is 7.01. The molecule has 0 aliphatic carbocycles. The number of nitrogens with zero attached hydrogens (tertiary/aromatic N) is 2. The minimum absolute atomic E-state index is 0.445. The number of anilines is 1. The monoisotopic (exact) mass is 371 g/mol. The van der Waals surface area contributed by atoms with Gasteiger partial charge in [0, 0.05) is 22.9 Å². The molecule has 0 unspecified atom stereocenters. The van der Waals surface area contributed by atoms with E-state index in [-0.39, 0.29) is 0 Å². The first-order chi connectivity index (χ1) is 12.6. The van der Waals surface area contributed by atoms with E-state index in [1.165, 1.54) is 13.0 Å². The first kappa shape index (κ1) is 20.5. The zero-order chi connectivity index (χ0) is 18.8. The van der Waals surface area contributed by atoms with E-state index in [1.54, 1.807) is 0 Å². The maximum atomic E-state index is 5.92. The van der Waals surface area contributed by atoms with Crippen molar-refractivity contribution in [3.05, 3.63) is 58.9 Å². The first-order valence-electron chi connectivity index (χ1n) is 9.49. The highest BCUT2D eigenvalue weighted by Crippen LogP contribution is 2.15. The highest BCUT2D eigenvalue weighted by Gasteiger charge is 2.05. The number of rotatable bonds is 10. The lowest BCUT2D eigenvalue weighted by Crippen LogP contribution is -2.25. The van der Waals surface area contributed by atoms with E-state index in [0.29, 0.717) is 6.04 Å². The molecule has 1 atom stereocenters. The molecule has 1 aromatic carbocycles. The van der Waals surface area contributed by atoms with Gasteiger partial charge in [0.15, 0.2) is 0 Å². The Hall–Kier alpha value is -1.84. The second kappa shape index (κ2) is 11.0. The molecule has 0 saturated carbocycles. The van der Waals surface area contributed by atoms with E-state index in [2.05, 4.69) is 48.1 Å². The van der Waals surface area contributed by atoms with Crippen LogP contribution in [0.15, 0.2) is 42.6 Å². The lowest BCUT2D eigenvalue weighted by molar-refractivity contribution is 0.295. The molecule has 0 aliphatic rings. The molecule has 0 aliphatic heterocycles. The molecular formula is C22H30ClN3. The van der Waals surface area contributed by atoms with Gasteiger partial charge in [0.2, 0.25) is 0 Å². The molecule has 140 valence electrons. The van der Waals surface area contributed by atoms with Crippen LogP contribution in [-0.2, 0) is 0 Å². The van der Waals surface area contributed by atoms with Crippen molar-refractivity contribution in [3.8, 4) is 0 Å². The molecule has 4 heteroatoms. The number of hydrogen-bond donors (Lipinski definition) is 1. The maximum Gasteiger partial charge on any atom is 0.0650 e. The number of hydrogen-bond acceptors (Lipinski definition) is 3. The summed E-state index contributed by atoms with van der Waals surface area (Å²) in [6.45, 7) is 10.1. The van der Waals surface area contributed by atoms with Crippen molar-refractivity contribution < 1.29 is 0 Å². The normalized spacial score (nSPS) is 12.7. The van der Waals surface area contributed by atoms with Crippen LogP contribution in [0, 0.1) is 0 Å². The number of benzene rings is 1. The number of halogens is 1. The van der Waals surface area contributed by atoms with Gasteiger partial charge in [0.1, 0.15) is 0 Å². The van der Waals surface area contributed by atoms with Crippen molar-refractivity contribution in [1.82, 2.24) is 9.88 Å². The van der Waals surface area contributed by atoms with E-state index in [9.17, 15) is 0 Å². The summed E-state index contributed by atoms with van der Waals surface area (Å²) in [6.07, 6.45) is 8.31. The van der Waals surface area contributed by atoms with Crippen molar-refractivity contribution in [2.75, 3.05) is 25.0 Å². The number of nitrogens with one attached hydrogen (secondary N) is 1. The van der Waals surface area contributed by atoms with Crippen LogP contribution in [0.2, 0.25) is 5.02 Å². The first-order valence-corrected chi connectivity index (χ1v) is 9.87. The van der Waals surface area contributed by atoms with E-state index < -0.39 is 0 Å². The summed E-state index contributed by atoms with van der Waals surface area (Å²) in [5.41, 5.74) is 3.17. The van der Waals surface area contributed by atoms with Gasteiger partial charge in [-0.1, -0.05) is 43.7 Å². The van der Waals surface area contributed by atoms with Gasteiger partial charge in [-0.15, -0.1) is 0 Å². The van der Waals surface area contributed by atoms with Gasteiger partial charge in [-0.25, -0.2) is 0 Å². The standard InChI is InChI=1S/C22H30ClN3/c1-4-26(5-2)16-6-7-18(3)25-22-14-15-24-21(17-22)13-10-19-8-11-20(23)12-9-19/h8-15,17-18H,4-7,16H2,1-3H3,(H,24,25)/b13-10+/t18-/m1/s1. The third-order valence-electron chi connectivity index (χ3n) is 4.52. The van der Waals surface area contributed by atoms with Crippen molar-refractivity contribution in [2.24, 2.45) is 0 Å². The molecule has 2 aromatic rings. The third-order valence-corrected chi connectivity index (χ3v) is 4.77. The van der Waals surface area contributed by atoms with Crippen LogP contribution in [0.4, 0.5) is 5.69 Å². The molecule has 0 spiro atoms. The average molecular weight is 372 g/mol. The van der Waals surface area contributed by atoms with E-state index >= 15 is 0 Å². The quantitative estimate of drug-likeness (QED) is 0.569. The lowest BCUT2D eigenvalue weighted by Gasteiger charge is -2.20. The summed E-state index contributed by atoms with van der Waals surface area (Å²) in [5, 5.41) is 4.34. The van der Waals surface area contributed by atoms with Gasteiger partial charge in [-0.05, 0) is 75.3 Å². The summed E-state index contributed by atoms with van der Waals surface area (Å²) >= 11 is 5.92. The molecule has 3 nitrogen and oxygen atoms in total. The van der Waals surface area contributed by atoms with Gasteiger partial charge >= 0.3 is 0 Å². The van der Waals surface area contributed by atoms with Crippen LogP contribution < -0.4 is 5.32 Å². The Balaban J connectivity index is 1.86. The largest absolute Gasteiger partial charge is 0.382 e. The van der Waals surface area contributed by atoms with Crippen molar-refractivity contribution in [3.63, 3.8) is 0 Å². The van der Waals surface area contributed by atoms with Crippen LogP contribution in [-0.4, -0.2) is 35.6 Å². The van der Waals surface area contributed by atoms with Gasteiger partial charge < -0.3 is 10.2 Å². The summed E-state index contributed by atoms with van der Waals surface area (Å²) < 4.78 is 0. The summed E-state index contributed by atoms with van der Waals surface area (Å²) in [6, 6.07) is 12.4. The van der Waals surface area contributed by atoms with Crippen LogP contribution >= 0.6 is 11.6 Å². The van der Waals surface area contributed by atoms with E-state index in [0.717, 1.165) is 41.5 Å². The second-order valence-electron chi connectivity index (χ2n) is 6.57. The predicted octanol–water partition coefficient (Wildman–Crippen LogP) is 5.83. The van der Waals surface area contributed by atoms with E-state index in [4.69, 9.17) is 11.6 Å². The smallest absolute Gasteiger partial charge is 0.0650 e. The average Bonchev–Trinajstić information content (AvgIpc) is 2.65. The molecule has 0 amide bonds. The van der Waals surface area contributed by atoms with Gasteiger partial charge in [-0.3, -0.25) is 4.98 Å². The van der Waals surface area contributed by atoms with Gasteiger partial charge in [-0.2, -0.15) is 0 Å². The van der Waals surface area contributed by atoms with Crippen molar-refractivity contribution in [1.29, 1.82) is 0 Å². The van der Waals surface area contributed by atoms with Crippen LogP contribution in [0.5, 0.6) is 0 Å². The topological polar surface area (TPSA) is 28.2 Å². The minimum Gasteiger partial charge on any atom is -0.382 e. The highest BCUT2D eigenvalue weighted by molar-refractivity contribution is 6.30. The molecule has 1 heterocycles. The zero-order valence-electron chi connectivity index (χ0n) is 16.1. The summed E-state index contributed by atoms with van der Waals surface area (Å²) in [7, 11) is 0. The molecule has 2 rings (SSSR count). The Bertz CT molecular complexity index is 678. The molecule has 0 radical (unpaired) electrons. The Labute approximate surface area is 163 Å². The third kappa shape index (κ3) is 7.19. The van der Waals surface area contributed by atoms with Gasteiger partial charge in [0.05, 0.1) is 5.69 Å². The number of pyridine rings is 1. The fourth-order valence-electron chi connectivity index (χ4n) is 2.90. The van der Waals surface area contributed by atoms with Gasteiger partial charge in [0.25, 0.3) is 0 Å². The molecule has 0 saturated heterocycles. The SMILES string of the molecule is CCN(CC)CCC[C@@H](C)Nc1ccnc(/C=C/c2ccc(Cl)cc2)c1. The Morgan fingerprint density at radius 3 is 2.54 bits per heavy atom. The zero-order valence-corrected chi connectivity index (χ0v) is 16.8. The Morgan fingerprint density at radius 2 is 1.85 bits per heavy atom. The van der Waals surface area contributed by atoms with Crippen LogP contribution in [0.25, 0.3) is 12.2 Å². The molecule has 1 aromatic heterocycles. The minimum atomic E-state index is 0.445. The Morgan fingerprint density at radius 1 is 1.12 bits per heavy atom. The van der Waals surface area contributed by atoms with E-state index in [1.807, 2.05) is 42.6 Å². The fourth-order valence-corrected chi connectivity index (χ4v) is 3.03. The predicted molar refractivity (Wildman–Crippen MR) is 115 cm³/mol. The van der Waals surface area contributed by atoms with Crippen LogP contribution in [0.3, 0.4) is 0 Å². The Kier molecular flexibility index (Phi) is 8.66. The molecular weight excluding hydrogens is 342 g/mol. The fraction of sp³-hybridized carbons (Fsp3) is 0.409. The highest BCUT2D eigenvalue weighted by atomic mass is 35.5. The van der Waals surface area contributed by atoms with Crippen LogP contribution in [0.1, 0.15) is 44.9 Å². The summed E-state index contributed by atoms with van der Waals surface area (Å²) in [5.74, 6) is 0. The molecule has 1 N–H and O–H groups in total. The molecule has 0 fully saturated rings.